The van der Waals surface area contributed by atoms with E-state index in [1.54, 1.807) is 25.1 Å². The number of ether oxygens (including phenoxy) is 1. The number of rotatable bonds is 6. The first kappa shape index (κ1) is 18.3. The van der Waals surface area contributed by atoms with Crippen LogP contribution in [0.2, 0.25) is 0 Å². The Morgan fingerprint density at radius 3 is 2.79 bits per heavy atom. The number of fused-ring (bicyclic) bond motifs is 1. The molecule has 7 nitrogen and oxygen atoms in total. The highest BCUT2D eigenvalue weighted by Crippen LogP contribution is 2.34. The summed E-state index contributed by atoms with van der Waals surface area (Å²) in [6, 6.07) is 4.15. The Morgan fingerprint density at radius 2 is 2.17 bits per heavy atom. The van der Waals surface area contributed by atoms with Gasteiger partial charge in [0.25, 0.3) is 5.91 Å². The van der Waals surface area contributed by atoms with Gasteiger partial charge in [-0.1, -0.05) is 36.2 Å². The van der Waals surface area contributed by atoms with Crippen LogP contribution in [-0.4, -0.2) is 42.1 Å². The van der Waals surface area contributed by atoms with Crippen molar-refractivity contribution >= 4 is 39.4 Å². The molecule has 1 aromatic carbocycles. The number of nitrogens with one attached hydrogen (secondary N) is 1. The van der Waals surface area contributed by atoms with E-state index in [9.17, 15) is 19.5 Å². The second kappa shape index (κ2) is 7.65. The Bertz CT molecular complexity index is 664. The highest BCUT2D eigenvalue weighted by molar-refractivity contribution is 9.10. The van der Waals surface area contributed by atoms with Crippen LogP contribution >= 0.6 is 15.9 Å². The molecule has 2 unspecified atom stereocenters. The van der Waals surface area contributed by atoms with E-state index in [4.69, 9.17) is 4.74 Å². The predicted octanol–water partition coefficient (Wildman–Crippen LogP) is 1.79. The minimum atomic E-state index is -1.09. The van der Waals surface area contributed by atoms with Crippen molar-refractivity contribution in [1.82, 2.24) is 5.32 Å². The van der Waals surface area contributed by atoms with E-state index in [1.165, 1.54) is 4.90 Å². The van der Waals surface area contributed by atoms with Gasteiger partial charge in [0.1, 0.15) is 18.3 Å². The number of aliphatic carboxylic acids is 1. The molecule has 1 heterocycles. The molecule has 1 aliphatic rings. The molecule has 0 aliphatic carbocycles. The molecule has 0 bridgehead atoms. The molecular formula is C16H19BrN2O5. The van der Waals surface area contributed by atoms with E-state index < -0.39 is 17.9 Å². The lowest BCUT2D eigenvalue weighted by atomic mass is 9.99. The summed E-state index contributed by atoms with van der Waals surface area (Å²) in [5, 5.41) is 11.7. The van der Waals surface area contributed by atoms with Gasteiger partial charge in [-0.25, -0.2) is 4.79 Å². The average Bonchev–Trinajstić information content (AvgIpc) is 2.54. The number of carboxylic acids is 1. The minimum Gasteiger partial charge on any atom is -0.482 e. The Kier molecular flexibility index (Phi) is 5.82. The first-order chi connectivity index (χ1) is 11.3. The van der Waals surface area contributed by atoms with Crippen molar-refractivity contribution in [3.8, 4) is 5.75 Å². The quantitative estimate of drug-likeness (QED) is 0.761. The molecule has 0 fully saturated rings. The maximum Gasteiger partial charge on any atom is 0.326 e. The lowest BCUT2D eigenvalue weighted by molar-refractivity contribution is -0.143. The van der Waals surface area contributed by atoms with Crippen molar-refractivity contribution in [3.05, 3.63) is 22.7 Å². The smallest absolute Gasteiger partial charge is 0.326 e. The summed E-state index contributed by atoms with van der Waals surface area (Å²) in [5.41, 5.74) is 0.486. The molecule has 8 heteroatoms. The monoisotopic (exact) mass is 398 g/mol. The molecule has 2 amide bonds. The van der Waals surface area contributed by atoms with Gasteiger partial charge in [0.05, 0.1) is 5.69 Å². The van der Waals surface area contributed by atoms with E-state index in [2.05, 4.69) is 21.2 Å². The van der Waals surface area contributed by atoms with Crippen LogP contribution in [0, 0.1) is 5.92 Å². The van der Waals surface area contributed by atoms with Gasteiger partial charge in [0, 0.05) is 4.47 Å². The van der Waals surface area contributed by atoms with E-state index in [0.717, 1.165) is 4.47 Å². The number of halogens is 1. The van der Waals surface area contributed by atoms with Crippen molar-refractivity contribution in [2.45, 2.75) is 26.3 Å². The van der Waals surface area contributed by atoms with Crippen LogP contribution in [0.4, 0.5) is 5.69 Å². The normalized spacial score (nSPS) is 16.0. The van der Waals surface area contributed by atoms with Gasteiger partial charge < -0.3 is 15.2 Å². The predicted molar refractivity (Wildman–Crippen MR) is 91.0 cm³/mol. The number of hydrogen-bond acceptors (Lipinski definition) is 4. The molecule has 2 rings (SSSR count). The third-order valence-electron chi connectivity index (χ3n) is 3.96. The first-order valence-electron chi connectivity index (χ1n) is 7.58. The third-order valence-corrected chi connectivity index (χ3v) is 4.46. The number of hydrogen-bond donors (Lipinski definition) is 2. The fourth-order valence-corrected chi connectivity index (χ4v) is 2.74. The first-order valence-corrected chi connectivity index (χ1v) is 8.37. The summed E-state index contributed by atoms with van der Waals surface area (Å²) in [7, 11) is 0. The van der Waals surface area contributed by atoms with Crippen LogP contribution in [-0.2, 0) is 14.4 Å². The summed E-state index contributed by atoms with van der Waals surface area (Å²) < 4.78 is 6.15. The molecule has 2 N–H and O–H groups in total. The lowest BCUT2D eigenvalue weighted by Gasteiger charge is -2.29. The van der Waals surface area contributed by atoms with Crippen LogP contribution in [0.5, 0.6) is 5.75 Å². The second-order valence-corrected chi connectivity index (χ2v) is 6.57. The van der Waals surface area contributed by atoms with Gasteiger partial charge in [-0.3, -0.25) is 14.5 Å². The van der Waals surface area contributed by atoms with E-state index >= 15 is 0 Å². The van der Waals surface area contributed by atoms with Crippen molar-refractivity contribution in [3.63, 3.8) is 0 Å². The van der Waals surface area contributed by atoms with Crippen molar-refractivity contribution in [1.29, 1.82) is 0 Å². The summed E-state index contributed by atoms with van der Waals surface area (Å²) in [4.78, 5) is 36.9. The second-order valence-electron chi connectivity index (χ2n) is 5.65. The zero-order valence-electron chi connectivity index (χ0n) is 13.4. The summed E-state index contributed by atoms with van der Waals surface area (Å²) in [6.07, 6.45) is 0.616. The van der Waals surface area contributed by atoms with E-state index in [-0.39, 0.29) is 25.0 Å². The third kappa shape index (κ3) is 4.05. The molecule has 1 aromatic rings. The van der Waals surface area contributed by atoms with Crippen LogP contribution in [0.3, 0.4) is 0 Å². The Balaban J connectivity index is 2.14. The molecule has 2 atom stereocenters. The van der Waals surface area contributed by atoms with Gasteiger partial charge >= 0.3 is 5.97 Å². The Hall–Kier alpha value is -2.09. The number of anilines is 1. The number of carbonyl (C=O) groups is 3. The lowest BCUT2D eigenvalue weighted by Crippen LogP contribution is -2.51. The fourth-order valence-electron chi connectivity index (χ4n) is 2.40. The number of amides is 2. The van der Waals surface area contributed by atoms with Gasteiger partial charge in [-0.2, -0.15) is 0 Å². The van der Waals surface area contributed by atoms with Crippen molar-refractivity contribution in [2.24, 2.45) is 5.92 Å². The summed E-state index contributed by atoms with van der Waals surface area (Å²) in [5.74, 6) is -1.68. The SMILES string of the molecule is CCC(C)C(NC(=O)CN1C(=O)COc2cc(Br)ccc21)C(=O)O. The molecular weight excluding hydrogens is 380 g/mol. The highest BCUT2D eigenvalue weighted by atomic mass is 79.9. The Labute approximate surface area is 148 Å². The van der Waals surface area contributed by atoms with Crippen LogP contribution in [0.15, 0.2) is 22.7 Å². The largest absolute Gasteiger partial charge is 0.482 e. The summed E-state index contributed by atoms with van der Waals surface area (Å²) >= 11 is 3.32. The van der Waals surface area contributed by atoms with Crippen LogP contribution < -0.4 is 15.0 Å². The highest BCUT2D eigenvalue weighted by Gasteiger charge is 2.30. The summed E-state index contributed by atoms with van der Waals surface area (Å²) in [6.45, 7) is 3.19. The molecule has 0 saturated carbocycles. The van der Waals surface area contributed by atoms with Gasteiger partial charge in [0.15, 0.2) is 6.61 Å². The number of carboxylic acid groups (broad SMARTS) is 1. The van der Waals surface area contributed by atoms with E-state index in [1.807, 2.05) is 6.92 Å². The van der Waals surface area contributed by atoms with Crippen molar-refractivity contribution in [2.75, 3.05) is 18.1 Å². The Morgan fingerprint density at radius 1 is 1.46 bits per heavy atom. The van der Waals surface area contributed by atoms with Crippen LogP contribution in [0.1, 0.15) is 20.3 Å². The minimum absolute atomic E-state index is 0.162. The van der Waals surface area contributed by atoms with Crippen molar-refractivity contribution < 1.29 is 24.2 Å². The zero-order valence-corrected chi connectivity index (χ0v) is 15.0. The average molecular weight is 399 g/mol. The van der Waals surface area contributed by atoms with Crippen LogP contribution in [0.25, 0.3) is 0 Å². The molecule has 0 saturated heterocycles. The van der Waals surface area contributed by atoms with E-state index in [0.29, 0.717) is 17.9 Å². The fraction of sp³-hybridized carbons (Fsp3) is 0.438. The molecule has 0 radical (unpaired) electrons. The van der Waals surface area contributed by atoms with Gasteiger partial charge in [-0.05, 0) is 24.1 Å². The maximum atomic E-state index is 12.3. The maximum absolute atomic E-state index is 12.3. The van der Waals surface area contributed by atoms with Gasteiger partial charge in [-0.15, -0.1) is 0 Å². The number of benzene rings is 1. The molecule has 0 aromatic heterocycles. The molecule has 130 valence electrons. The number of nitrogens with zero attached hydrogens (tertiary/aromatic N) is 1. The molecule has 1 aliphatic heterocycles. The topological polar surface area (TPSA) is 95.9 Å². The standard InChI is InChI=1S/C16H19BrN2O5/c1-3-9(2)15(16(22)23)18-13(20)7-19-11-5-4-10(17)6-12(11)24-8-14(19)21/h4-6,9,15H,3,7-8H2,1-2H3,(H,18,20)(H,22,23). The molecule has 0 spiro atoms. The van der Waals surface area contributed by atoms with Gasteiger partial charge in [0.2, 0.25) is 5.91 Å². The number of carbonyl (C=O) groups excluding carboxylic acids is 2. The molecule has 24 heavy (non-hydrogen) atoms. The zero-order chi connectivity index (χ0) is 17.9.